The highest BCUT2D eigenvalue weighted by molar-refractivity contribution is 5.44. The van der Waals surface area contributed by atoms with E-state index in [4.69, 9.17) is 4.74 Å². The van der Waals surface area contributed by atoms with Crippen molar-refractivity contribution in [3.05, 3.63) is 41.6 Å². The molecule has 1 N–H and O–H groups in total. The summed E-state index contributed by atoms with van der Waals surface area (Å²) in [6, 6.07) is 6.65. The fraction of sp³-hybridized carbons (Fsp3) is 0.400. The first kappa shape index (κ1) is 14.7. The molecule has 3 rings (SSSR count). The molecular formula is C15H16F3N3O. The Balaban J connectivity index is 1.99. The summed E-state index contributed by atoms with van der Waals surface area (Å²) in [4.78, 5) is 0. The minimum absolute atomic E-state index is 0.106. The van der Waals surface area contributed by atoms with Crippen LogP contribution in [0.5, 0.6) is 5.75 Å². The Labute approximate surface area is 125 Å². The first-order valence-electron chi connectivity index (χ1n) is 6.92. The number of alkyl halides is 3. The van der Waals surface area contributed by atoms with Gasteiger partial charge in [0.15, 0.2) is 6.04 Å². The molecule has 0 amide bonds. The van der Waals surface area contributed by atoms with Gasteiger partial charge in [0.2, 0.25) is 0 Å². The summed E-state index contributed by atoms with van der Waals surface area (Å²) in [6.07, 6.45) is -4.45. The summed E-state index contributed by atoms with van der Waals surface area (Å²) >= 11 is 0. The molecule has 1 aliphatic rings. The van der Waals surface area contributed by atoms with Gasteiger partial charge in [0.25, 0.3) is 0 Å². The lowest BCUT2D eigenvalue weighted by atomic mass is 9.97. The topological polar surface area (TPSA) is 39.1 Å². The fourth-order valence-electron chi connectivity index (χ4n) is 2.77. The Morgan fingerprint density at radius 2 is 2.09 bits per heavy atom. The smallest absolute Gasteiger partial charge is 0.410 e. The number of aryl methyl sites for hydroxylation is 1. The van der Waals surface area contributed by atoms with E-state index in [9.17, 15) is 13.2 Å². The lowest BCUT2D eigenvalue weighted by molar-refractivity contribution is -0.173. The van der Waals surface area contributed by atoms with Gasteiger partial charge in [0.1, 0.15) is 11.6 Å². The number of benzene rings is 1. The number of hydrogen-bond donors (Lipinski definition) is 1. The molecule has 0 aliphatic carbocycles. The van der Waals surface area contributed by atoms with E-state index in [0.29, 0.717) is 17.3 Å². The summed E-state index contributed by atoms with van der Waals surface area (Å²) in [7, 11) is 1.53. The number of methoxy groups -OCH3 is 1. The van der Waals surface area contributed by atoms with Crippen LogP contribution in [-0.2, 0) is 0 Å². The van der Waals surface area contributed by atoms with Gasteiger partial charge < -0.3 is 10.1 Å². The third-order valence-electron chi connectivity index (χ3n) is 3.81. The van der Waals surface area contributed by atoms with E-state index >= 15 is 0 Å². The normalized spacial score (nSPS) is 21.1. The van der Waals surface area contributed by atoms with Gasteiger partial charge >= 0.3 is 6.18 Å². The van der Waals surface area contributed by atoms with Crippen molar-refractivity contribution < 1.29 is 17.9 Å². The Morgan fingerprint density at radius 1 is 1.32 bits per heavy atom. The first-order chi connectivity index (χ1) is 10.4. The number of rotatable bonds is 2. The summed E-state index contributed by atoms with van der Waals surface area (Å²) in [6.45, 7) is 1.68. The van der Waals surface area contributed by atoms with Crippen molar-refractivity contribution in [2.45, 2.75) is 31.6 Å². The molecule has 2 atom stereocenters. The monoisotopic (exact) mass is 311 g/mol. The van der Waals surface area contributed by atoms with Gasteiger partial charge in [0, 0.05) is 12.5 Å². The minimum atomic E-state index is -4.34. The van der Waals surface area contributed by atoms with Gasteiger partial charge in [-0.1, -0.05) is 12.1 Å². The van der Waals surface area contributed by atoms with Crippen molar-refractivity contribution in [3.63, 3.8) is 0 Å². The molecule has 22 heavy (non-hydrogen) atoms. The molecule has 4 nitrogen and oxygen atoms in total. The number of halogens is 3. The Morgan fingerprint density at radius 3 is 2.77 bits per heavy atom. The number of fused-ring (bicyclic) bond motifs is 1. The van der Waals surface area contributed by atoms with Crippen LogP contribution in [0.1, 0.15) is 29.8 Å². The average molecular weight is 311 g/mol. The van der Waals surface area contributed by atoms with Gasteiger partial charge in [0.05, 0.1) is 18.8 Å². The van der Waals surface area contributed by atoms with Crippen molar-refractivity contribution in [1.29, 1.82) is 0 Å². The van der Waals surface area contributed by atoms with Crippen molar-refractivity contribution in [2.24, 2.45) is 0 Å². The summed E-state index contributed by atoms with van der Waals surface area (Å²) in [5.41, 5.74) is 1.32. The molecule has 0 radical (unpaired) electrons. The zero-order chi connectivity index (χ0) is 15.9. The zero-order valence-electron chi connectivity index (χ0n) is 12.2. The predicted molar refractivity (Wildman–Crippen MR) is 76.0 cm³/mol. The van der Waals surface area contributed by atoms with E-state index in [1.165, 1.54) is 7.11 Å². The lowest BCUT2D eigenvalue weighted by Crippen LogP contribution is -2.35. The fourth-order valence-corrected chi connectivity index (χ4v) is 2.77. The lowest BCUT2D eigenvalue weighted by Gasteiger charge is -2.33. The highest BCUT2D eigenvalue weighted by Crippen LogP contribution is 2.43. The van der Waals surface area contributed by atoms with E-state index in [2.05, 4.69) is 10.4 Å². The Kier molecular flexibility index (Phi) is 3.50. The van der Waals surface area contributed by atoms with Gasteiger partial charge in [-0.05, 0) is 24.6 Å². The maximum Gasteiger partial charge on any atom is 0.410 e. The van der Waals surface area contributed by atoms with Gasteiger partial charge in [-0.2, -0.15) is 18.3 Å². The Hall–Kier alpha value is -2.18. The molecule has 1 aromatic carbocycles. The van der Waals surface area contributed by atoms with Gasteiger partial charge in [-0.15, -0.1) is 0 Å². The van der Waals surface area contributed by atoms with Crippen molar-refractivity contribution in [2.75, 3.05) is 12.4 Å². The van der Waals surface area contributed by atoms with E-state index in [1.807, 2.05) is 0 Å². The second kappa shape index (κ2) is 5.23. The number of nitrogens with one attached hydrogen (secondary N) is 1. The molecule has 1 aromatic heterocycles. The second-order valence-electron chi connectivity index (χ2n) is 5.38. The van der Waals surface area contributed by atoms with Crippen LogP contribution in [0.3, 0.4) is 0 Å². The van der Waals surface area contributed by atoms with E-state index in [-0.39, 0.29) is 6.42 Å². The molecular weight excluding hydrogens is 295 g/mol. The zero-order valence-corrected chi connectivity index (χ0v) is 12.2. The quantitative estimate of drug-likeness (QED) is 0.915. The number of aromatic nitrogens is 2. The molecule has 0 unspecified atom stereocenters. The Bertz CT molecular complexity index is 681. The van der Waals surface area contributed by atoms with Crippen LogP contribution < -0.4 is 10.1 Å². The molecule has 0 saturated carbocycles. The SMILES string of the molecule is COc1cccc([C@H]2C[C@H](C(F)(F)F)n3nc(C)cc3N2)c1. The predicted octanol–water partition coefficient (Wildman–Crippen LogP) is 3.86. The van der Waals surface area contributed by atoms with Crippen LogP contribution in [0, 0.1) is 6.92 Å². The standard InChI is InChI=1S/C15H16F3N3O/c1-9-6-14-19-12(10-4-3-5-11(7-10)22-2)8-13(15(16,17)18)21(14)20-9/h3-7,12-13,19H,8H2,1-2H3/t12-,13-/m1/s1. The van der Waals surface area contributed by atoms with Crippen LogP contribution in [0.15, 0.2) is 30.3 Å². The van der Waals surface area contributed by atoms with Crippen LogP contribution in [0.25, 0.3) is 0 Å². The average Bonchev–Trinajstić information content (AvgIpc) is 2.85. The molecule has 7 heteroatoms. The third-order valence-corrected chi connectivity index (χ3v) is 3.81. The van der Waals surface area contributed by atoms with Crippen LogP contribution in [0.4, 0.5) is 19.0 Å². The maximum absolute atomic E-state index is 13.4. The maximum atomic E-state index is 13.4. The highest BCUT2D eigenvalue weighted by atomic mass is 19.4. The van der Waals surface area contributed by atoms with Crippen molar-refractivity contribution in [1.82, 2.24) is 9.78 Å². The summed E-state index contributed by atoms with van der Waals surface area (Å²) in [5, 5.41) is 7.10. The van der Waals surface area contributed by atoms with Crippen LogP contribution in [0.2, 0.25) is 0 Å². The number of anilines is 1. The molecule has 1 aliphatic heterocycles. The van der Waals surface area contributed by atoms with Crippen molar-refractivity contribution in [3.8, 4) is 5.75 Å². The molecule has 0 saturated heterocycles. The van der Waals surface area contributed by atoms with Crippen molar-refractivity contribution >= 4 is 5.82 Å². The molecule has 2 aromatic rings. The molecule has 0 fully saturated rings. The third kappa shape index (κ3) is 2.63. The number of ether oxygens (including phenoxy) is 1. The van der Waals surface area contributed by atoms with Crippen LogP contribution in [-0.4, -0.2) is 23.1 Å². The first-order valence-corrected chi connectivity index (χ1v) is 6.92. The molecule has 0 spiro atoms. The van der Waals surface area contributed by atoms with E-state index in [1.54, 1.807) is 37.3 Å². The van der Waals surface area contributed by atoms with E-state index in [0.717, 1.165) is 10.2 Å². The number of hydrogen-bond acceptors (Lipinski definition) is 3. The largest absolute Gasteiger partial charge is 0.497 e. The number of nitrogens with zero attached hydrogens (tertiary/aromatic N) is 2. The molecule has 118 valence electrons. The van der Waals surface area contributed by atoms with E-state index < -0.39 is 18.3 Å². The summed E-state index contributed by atoms with van der Waals surface area (Å²) < 4.78 is 46.2. The highest BCUT2D eigenvalue weighted by Gasteiger charge is 2.46. The minimum Gasteiger partial charge on any atom is -0.497 e. The molecule has 0 bridgehead atoms. The van der Waals surface area contributed by atoms with Gasteiger partial charge in [-0.25, -0.2) is 4.68 Å². The molecule has 2 heterocycles. The van der Waals surface area contributed by atoms with Crippen LogP contribution >= 0.6 is 0 Å². The summed E-state index contributed by atoms with van der Waals surface area (Å²) in [5.74, 6) is 1.01. The van der Waals surface area contributed by atoms with Gasteiger partial charge in [-0.3, -0.25) is 0 Å². The second-order valence-corrected chi connectivity index (χ2v) is 5.38.